The van der Waals surface area contributed by atoms with E-state index >= 15 is 0 Å². The van der Waals surface area contributed by atoms with Crippen molar-refractivity contribution in [1.29, 1.82) is 0 Å². The normalized spacial score (nSPS) is 13.3. The zero-order valence-corrected chi connectivity index (χ0v) is 10.9. The van der Waals surface area contributed by atoms with Gasteiger partial charge in [0.1, 0.15) is 0 Å². The quantitative estimate of drug-likeness (QED) is 0.738. The van der Waals surface area contributed by atoms with E-state index in [1.807, 2.05) is 11.3 Å². The molecule has 0 unspecified atom stereocenters. The van der Waals surface area contributed by atoms with Gasteiger partial charge in [0.2, 0.25) is 0 Å². The third kappa shape index (κ3) is 5.95. The van der Waals surface area contributed by atoms with Crippen LogP contribution in [0.3, 0.4) is 0 Å². The highest BCUT2D eigenvalue weighted by Crippen LogP contribution is 2.10. The fraction of sp³-hybridized carbons (Fsp3) is 0.692. The highest BCUT2D eigenvalue weighted by atomic mass is 32.1. The summed E-state index contributed by atoms with van der Waals surface area (Å²) in [4.78, 5) is 1.44. The average Bonchev–Trinajstić information content (AvgIpc) is 2.66. The lowest BCUT2D eigenvalue weighted by Gasteiger charge is -2.13. The zero-order chi connectivity index (χ0) is 11.1. The molecule has 0 amide bonds. The molecule has 0 radical (unpaired) electrons. The van der Waals surface area contributed by atoms with Gasteiger partial charge in [0.05, 0.1) is 0 Å². The van der Waals surface area contributed by atoms with Crippen LogP contribution < -0.4 is 5.32 Å². The van der Waals surface area contributed by atoms with Crippen LogP contribution >= 0.6 is 11.3 Å². The minimum absolute atomic E-state index is 0.644. The smallest absolute Gasteiger partial charge is 0.0302 e. The molecule has 0 aliphatic rings. The minimum atomic E-state index is 0.644. The number of nitrogens with one attached hydrogen (secondary N) is 1. The maximum Gasteiger partial charge on any atom is 0.0302 e. The van der Waals surface area contributed by atoms with Crippen molar-refractivity contribution in [2.45, 2.75) is 52.6 Å². The van der Waals surface area contributed by atoms with Gasteiger partial charge in [0.15, 0.2) is 0 Å². The Kier molecular flexibility index (Phi) is 5.96. The van der Waals surface area contributed by atoms with Gasteiger partial charge in [-0.25, -0.2) is 0 Å². The summed E-state index contributed by atoms with van der Waals surface area (Å²) in [5.41, 5.74) is 0. The number of hydrogen-bond donors (Lipinski definition) is 1. The molecular weight excluding hydrogens is 202 g/mol. The molecule has 1 N–H and O–H groups in total. The van der Waals surface area contributed by atoms with E-state index < -0.39 is 0 Å². The number of thiophene rings is 1. The van der Waals surface area contributed by atoms with Crippen LogP contribution in [0.5, 0.6) is 0 Å². The van der Waals surface area contributed by atoms with Crippen molar-refractivity contribution in [3.8, 4) is 0 Å². The summed E-state index contributed by atoms with van der Waals surface area (Å²) in [6.45, 7) is 7.90. The first-order valence-corrected chi connectivity index (χ1v) is 6.82. The van der Waals surface area contributed by atoms with Crippen molar-refractivity contribution in [2.24, 2.45) is 5.92 Å². The standard InChI is InChI=1S/C13H23NS/c1-11(2)6-4-7-12(3)14-10-13-8-5-9-15-13/h5,8-9,11-12,14H,4,6-7,10H2,1-3H3/t12-/m0/s1. The molecule has 0 aliphatic heterocycles. The van der Waals surface area contributed by atoms with Gasteiger partial charge in [0, 0.05) is 17.5 Å². The van der Waals surface area contributed by atoms with Crippen LogP contribution in [0.2, 0.25) is 0 Å². The van der Waals surface area contributed by atoms with E-state index in [0.29, 0.717) is 6.04 Å². The Bertz CT molecular complexity index is 241. The molecule has 86 valence electrons. The van der Waals surface area contributed by atoms with E-state index in [1.54, 1.807) is 0 Å². The van der Waals surface area contributed by atoms with Crippen LogP contribution in [-0.4, -0.2) is 6.04 Å². The van der Waals surface area contributed by atoms with Crippen LogP contribution in [0.25, 0.3) is 0 Å². The van der Waals surface area contributed by atoms with Crippen LogP contribution in [0.4, 0.5) is 0 Å². The molecule has 0 saturated carbocycles. The summed E-state index contributed by atoms with van der Waals surface area (Å²) in [5.74, 6) is 0.842. The Morgan fingerprint density at radius 1 is 1.27 bits per heavy atom. The fourth-order valence-electron chi connectivity index (χ4n) is 1.62. The van der Waals surface area contributed by atoms with Gasteiger partial charge >= 0.3 is 0 Å². The fourth-order valence-corrected chi connectivity index (χ4v) is 2.28. The molecule has 1 heterocycles. The Balaban J connectivity index is 2.06. The third-order valence-corrected chi connectivity index (χ3v) is 3.50. The molecule has 1 aromatic rings. The molecule has 1 aromatic heterocycles. The Morgan fingerprint density at radius 2 is 2.07 bits per heavy atom. The first-order chi connectivity index (χ1) is 7.18. The summed E-state index contributed by atoms with van der Waals surface area (Å²) >= 11 is 1.83. The van der Waals surface area contributed by atoms with Crippen molar-refractivity contribution in [3.05, 3.63) is 22.4 Å². The van der Waals surface area contributed by atoms with E-state index in [9.17, 15) is 0 Å². The molecule has 0 aliphatic carbocycles. The second-order valence-corrected chi connectivity index (χ2v) is 5.72. The molecule has 1 nitrogen and oxygen atoms in total. The Labute approximate surface area is 97.9 Å². The van der Waals surface area contributed by atoms with Gasteiger partial charge in [-0.1, -0.05) is 32.8 Å². The largest absolute Gasteiger partial charge is 0.309 e. The van der Waals surface area contributed by atoms with Crippen molar-refractivity contribution in [1.82, 2.24) is 5.32 Å². The highest BCUT2D eigenvalue weighted by Gasteiger charge is 2.02. The zero-order valence-electron chi connectivity index (χ0n) is 10.1. The summed E-state index contributed by atoms with van der Waals surface area (Å²) in [5, 5.41) is 5.71. The van der Waals surface area contributed by atoms with Gasteiger partial charge < -0.3 is 5.32 Å². The first kappa shape index (κ1) is 12.7. The van der Waals surface area contributed by atoms with Gasteiger partial charge in [-0.2, -0.15) is 0 Å². The lowest BCUT2D eigenvalue weighted by atomic mass is 10.0. The molecular formula is C13H23NS. The van der Waals surface area contributed by atoms with E-state index in [-0.39, 0.29) is 0 Å². The molecule has 0 fully saturated rings. The lowest BCUT2D eigenvalue weighted by molar-refractivity contribution is 0.458. The summed E-state index contributed by atoms with van der Waals surface area (Å²) in [6, 6.07) is 4.95. The van der Waals surface area contributed by atoms with Gasteiger partial charge in [-0.3, -0.25) is 0 Å². The Morgan fingerprint density at radius 3 is 2.67 bits per heavy atom. The van der Waals surface area contributed by atoms with Crippen LogP contribution in [0.15, 0.2) is 17.5 Å². The van der Waals surface area contributed by atoms with Crippen LogP contribution in [-0.2, 0) is 6.54 Å². The second kappa shape index (κ2) is 7.02. The highest BCUT2D eigenvalue weighted by molar-refractivity contribution is 7.09. The summed E-state index contributed by atoms with van der Waals surface area (Å²) in [7, 11) is 0. The van der Waals surface area contributed by atoms with Crippen molar-refractivity contribution < 1.29 is 0 Å². The van der Waals surface area contributed by atoms with Gasteiger partial charge in [0.25, 0.3) is 0 Å². The Hall–Kier alpha value is -0.340. The molecule has 1 atom stereocenters. The third-order valence-electron chi connectivity index (χ3n) is 2.62. The van der Waals surface area contributed by atoms with Gasteiger partial charge in [-0.15, -0.1) is 11.3 Å². The van der Waals surface area contributed by atoms with E-state index in [1.165, 1.54) is 24.1 Å². The maximum atomic E-state index is 3.57. The van der Waals surface area contributed by atoms with Crippen LogP contribution in [0, 0.1) is 5.92 Å². The number of rotatable bonds is 7. The molecule has 15 heavy (non-hydrogen) atoms. The van der Waals surface area contributed by atoms with Gasteiger partial charge in [-0.05, 0) is 30.7 Å². The van der Waals surface area contributed by atoms with Crippen molar-refractivity contribution in [3.63, 3.8) is 0 Å². The monoisotopic (exact) mass is 225 g/mol. The summed E-state index contributed by atoms with van der Waals surface area (Å²) in [6.07, 6.45) is 3.99. The molecule has 2 heteroatoms. The van der Waals surface area contributed by atoms with Crippen molar-refractivity contribution in [2.75, 3.05) is 0 Å². The molecule has 0 bridgehead atoms. The molecule has 0 aromatic carbocycles. The minimum Gasteiger partial charge on any atom is -0.309 e. The van der Waals surface area contributed by atoms with E-state index in [2.05, 4.69) is 43.6 Å². The van der Waals surface area contributed by atoms with Crippen molar-refractivity contribution >= 4 is 11.3 Å². The van der Waals surface area contributed by atoms with Crippen LogP contribution in [0.1, 0.15) is 44.9 Å². The number of hydrogen-bond acceptors (Lipinski definition) is 2. The van der Waals surface area contributed by atoms with E-state index in [4.69, 9.17) is 0 Å². The maximum absolute atomic E-state index is 3.57. The van der Waals surface area contributed by atoms with E-state index in [0.717, 1.165) is 12.5 Å². The first-order valence-electron chi connectivity index (χ1n) is 5.94. The molecule has 0 saturated heterocycles. The molecule has 1 rings (SSSR count). The second-order valence-electron chi connectivity index (χ2n) is 4.69. The molecule has 0 spiro atoms. The predicted octanol–water partition coefficient (Wildman–Crippen LogP) is 4.05. The SMILES string of the molecule is CC(C)CCC[C@H](C)NCc1cccs1. The predicted molar refractivity (Wildman–Crippen MR) is 69.3 cm³/mol. The lowest BCUT2D eigenvalue weighted by Crippen LogP contribution is -2.24. The topological polar surface area (TPSA) is 12.0 Å². The summed E-state index contributed by atoms with van der Waals surface area (Å²) < 4.78 is 0. The average molecular weight is 225 g/mol.